The second-order valence-corrected chi connectivity index (χ2v) is 4.73. The standard InChI is InChI=1S/C13H23NO4/c1-2-10(11-6-5-9-18-11)14-12(15)7-3-4-8-13(16)17/h10-11H,2-9H2,1H3,(H,14,15)(H,16,17). The number of aliphatic carboxylic acids is 1. The number of rotatable bonds is 8. The zero-order valence-electron chi connectivity index (χ0n) is 11.0. The highest BCUT2D eigenvalue weighted by atomic mass is 16.5. The topological polar surface area (TPSA) is 75.6 Å². The molecular weight excluding hydrogens is 234 g/mol. The minimum atomic E-state index is -0.804. The number of amides is 1. The van der Waals surface area contributed by atoms with Crippen molar-refractivity contribution in [3.63, 3.8) is 0 Å². The second-order valence-electron chi connectivity index (χ2n) is 4.73. The summed E-state index contributed by atoms with van der Waals surface area (Å²) in [5.74, 6) is -0.802. The summed E-state index contributed by atoms with van der Waals surface area (Å²) in [7, 11) is 0. The minimum absolute atomic E-state index is 0.00254. The summed E-state index contributed by atoms with van der Waals surface area (Å²) in [6, 6.07) is 0.0967. The zero-order chi connectivity index (χ0) is 13.4. The molecule has 1 heterocycles. The van der Waals surface area contributed by atoms with Gasteiger partial charge in [-0.3, -0.25) is 9.59 Å². The number of carboxylic acid groups (broad SMARTS) is 1. The molecule has 5 nitrogen and oxygen atoms in total. The third kappa shape index (κ3) is 5.49. The van der Waals surface area contributed by atoms with Crippen molar-refractivity contribution in [2.24, 2.45) is 0 Å². The van der Waals surface area contributed by atoms with E-state index in [1.165, 1.54) is 0 Å². The summed E-state index contributed by atoms with van der Waals surface area (Å²) in [5.41, 5.74) is 0. The Kier molecular flexibility index (Phi) is 6.72. The minimum Gasteiger partial charge on any atom is -0.481 e. The molecule has 1 aliphatic rings. The predicted octanol–water partition coefficient (Wildman–Crippen LogP) is 1.71. The third-order valence-corrected chi connectivity index (χ3v) is 3.24. The lowest BCUT2D eigenvalue weighted by Gasteiger charge is -2.22. The molecule has 0 aliphatic carbocycles. The molecule has 2 atom stereocenters. The van der Waals surface area contributed by atoms with Gasteiger partial charge in [0.25, 0.3) is 0 Å². The molecule has 104 valence electrons. The van der Waals surface area contributed by atoms with Crippen molar-refractivity contribution in [3.05, 3.63) is 0 Å². The van der Waals surface area contributed by atoms with E-state index in [2.05, 4.69) is 5.32 Å². The fourth-order valence-electron chi connectivity index (χ4n) is 2.22. The molecule has 2 N–H and O–H groups in total. The van der Waals surface area contributed by atoms with Gasteiger partial charge in [-0.1, -0.05) is 6.92 Å². The molecule has 5 heteroatoms. The average molecular weight is 257 g/mol. The first-order valence-electron chi connectivity index (χ1n) is 6.76. The maximum absolute atomic E-state index is 11.7. The Morgan fingerprint density at radius 1 is 1.39 bits per heavy atom. The van der Waals surface area contributed by atoms with Gasteiger partial charge in [-0.05, 0) is 32.1 Å². The van der Waals surface area contributed by atoms with E-state index in [-0.39, 0.29) is 24.5 Å². The number of ether oxygens (including phenoxy) is 1. The van der Waals surface area contributed by atoms with Gasteiger partial charge in [0.05, 0.1) is 12.1 Å². The maximum atomic E-state index is 11.7. The molecule has 1 aliphatic heterocycles. The SMILES string of the molecule is CCC(NC(=O)CCCCC(=O)O)C1CCCO1. The number of nitrogens with one attached hydrogen (secondary N) is 1. The molecule has 18 heavy (non-hydrogen) atoms. The molecule has 0 aromatic heterocycles. The molecule has 2 unspecified atom stereocenters. The highest BCUT2D eigenvalue weighted by molar-refractivity contribution is 5.76. The smallest absolute Gasteiger partial charge is 0.303 e. The summed E-state index contributed by atoms with van der Waals surface area (Å²) in [6.45, 7) is 2.83. The number of hydrogen-bond acceptors (Lipinski definition) is 3. The van der Waals surface area contributed by atoms with Crippen LogP contribution >= 0.6 is 0 Å². The van der Waals surface area contributed by atoms with Crippen LogP contribution in [0.2, 0.25) is 0 Å². The molecular formula is C13H23NO4. The van der Waals surface area contributed by atoms with E-state index in [1.807, 2.05) is 6.92 Å². The Bertz CT molecular complexity index is 274. The molecule has 0 bridgehead atoms. The van der Waals surface area contributed by atoms with Gasteiger partial charge >= 0.3 is 5.97 Å². The quantitative estimate of drug-likeness (QED) is 0.649. The van der Waals surface area contributed by atoms with Crippen LogP contribution in [0.4, 0.5) is 0 Å². The highest BCUT2D eigenvalue weighted by Crippen LogP contribution is 2.17. The monoisotopic (exact) mass is 257 g/mol. The number of hydrogen-bond donors (Lipinski definition) is 2. The first kappa shape index (κ1) is 15.0. The van der Waals surface area contributed by atoms with Gasteiger partial charge in [0.1, 0.15) is 0 Å². The lowest BCUT2D eigenvalue weighted by molar-refractivity contribution is -0.137. The van der Waals surface area contributed by atoms with Crippen molar-refractivity contribution >= 4 is 11.9 Å². The molecule has 0 aromatic rings. The van der Waals surface area contributed by atoms with Crippen LogP contribution in [0.5, 0.6) is 0 Å². The van der Waals surface area contributed by atoms with Gasteiger partial charge in [0.15, 0.2) is 0 Å². The van der Waals surface area contributed by atoms with Gasteiger partial charge in [0, 0.05) is 19.4 Å². The number of carbonyl (C=O) groups is 2. The lowest BCUT2D eigenvalue weighted by atomic mass is 10.1. The summed E-state index contributed by atoms with van der Waals surface area (Å²) in [6.07, 6.45) is 4.81. The Labute approximate surface area is 108 Å². The van der Waals surface area contributed by atoms with Crippen LogP contribution in [0.15, 0.2) is 0 Å². The predicted molar refractivity (Wildman–Crippen MR) is 67.3 cm³/mol. The van der Waals surface area contributed by atoms with E-state index in [0.717, 1.165) is 25.9 Å². The van der Waals surface area contributed by atoms with E-state index in [9.17, 15) is 9.59 Å². The molecule has 0 aromatic carbocycles. The Hall–Kier alpha value is -1.10. The van der Waals surface area contributed by atoms with Crippen LogP contribution in [0.1, 0.15) is 51.9 Å². The molecule has 0 radical (unpaired) electrons. The number of unbranched alkanes of at least 4 members (excludes halogenated alkanes) is 1. The lowest BCUT2D eigenvalue weighted by Crippen LogP contribution is -2.42. The third-order valence-electron chi connectivity index (χ3n) is 3.24. The van der Waals surface area contributed by atoms with E-state index in [4.69, 9.17) is 9.84 Å². The van der Waals surface area contributed by atoms with Gasteiger partial charge in [-0.15, -0.1) is 0 Å². The Morgan fingerprint density at radius 3 is 2.67 bits per heavy atom. The summed E-state index contributed by atoms with van der Waals surface area (Å²) >= 11 is 0. The Morgan fingerprint density at radius 2 is 2.11 bits per heavy atom. The first-order chi connectivity index (χ1) is 8.63. The van der Waals surface area contributed by atoms with Crippen molar-refractivity contribution in [1.29, 1.82) is 0 Å². The van der Waals surface area contributed by atoms with Crippen LogP contribution in [0, 0.1) is 0 Å². The molecule has 1 rings (SSSR count). The molecule has 1 saturated heterocycles. The summed E-state index contributed by atoms with van der Waals surface area (Å²) < 4.78 is 5.57. The van der Waals surface area contributed by atoms with Crippen LogP contribution < -0.4 is 5.32 Å². The van der Waals surface area contributed by atoms with E-state index in [1.54, 1.807) is 0 Å². The fraction of sp³-hybridized carbons (Fsp3) is 0.846. The van der Waals surface area contributed by atoms with Crippen LogP contribution in [-0.4, -0.2) is 35.7 Å². The first-order valence-corrected chi connectivity index (χ1v) is 6.76. The maximum Gasteiger partial charge on any atom is 0.303 e. The van der Waals surface area contributed by atoms with Crippen LogP contribution in [0.25, 0.3) is 0 Å². The van der Waals surface area contributed by atoms with E-state index < -0.39 is 5.97 Å². The van der Waals surface area contributed by atoms with Crippen LogP contribution in [0.3, 0.4) is 0 Å². The van der Waals surface area contributed by atoms with E-state index >= 15 is 0 Å². The summed E-state index contributed by atoms with van der Waals surface area (Å²) in [4.78, 5) is 22.0. The number of carboxylic acids is 1. The normalized spacial score (nSPS) is 20.6. The fourth-order valence-corrected chi connectivity index (χ4v) is 2.22. The van der Waals surface area contributed by atoms with Crippen molar-refractivity contribution in [3.8, 4) is 0 Å². The molecule has 1 amide bonds. The van der Waals surface area contributed by atoms with Crippen molar-refractivity contribution in [2.45, 2.75) is 64.0 Å². The van der Waals surface area contributed by atoms with Crippen molar-refractivity contribution < 1.29 is 19.4 Å². The largest absolute Gasteiger partial charge is 0.481 e. The highest BCUT2D eigenvalue weighted by Gasteiger charge is 2.25. The number of carbonyl (C=O) groups excluding carboxylic acids is 1. The van der Waals surface area contributed by atoms with Gasteiger partial charge in [0.2, 0.25) is 5.91 Å². The average Bonchev–Trinajstić information content (AvgIpc) is 2.85. The molecule has 0 saturated carbocycles. The van der Waals surface area contributed by atoms with Gasteiger partial charge < -0.3 is 15.2 Å². The van der Waals surface area contributed by atoms with Gasteiger partial charge in [-0.25, -0.2) is 0 Å². The summed E-state index contributed by atoms with van der Waals surface area (Å²) in [5, 5.41) is 11.5. The van der Waals surface area contributed by atoms with Crippen molar-refractivity contribution in [2.75, 3.05) is 6.61 Å². The Balaban J connectivity index is 2.18. The second kappa shape index (κ2) is 8.08. The molecule has 1 fully saturated rings. The van der Waals surface area contributed by atoms with E-state index in [0.29, 0.717) is 19.3 Å². The van der Waals surface area contributed by atoms with Crippen LogP contribution in [-0.2, 0) is 14.3 Å². The molecule has 0 spiro atoms. The van der Waals surface area contributed by atoms with Crippen molar-refractivity contribution in [1.82, 2.24) is 5.32 Å². The zero-order valence-corrected chi connectivity index (χ0v) is 11.0. The van der Waals surface area contributed by atoms with Gasteiger partial charge in [-0.2, -0.15) is 0 Å².